The quantitative estimate of drug-likeness (QED) is 0.935. The first-order valence-corrected chi connectivity index (χ1v) is 5.98. The van der Waals surface area contributed by atoms with E-state index in [1.54, 1.807) is 6.20 Å². The number of rotatable bonds is 3. The number of nitrogens with zero attached hydrogens (tertiary/aromatic N) is 1. The van der Waals surface area contributed by atoms with E-state index >= 15 is 0 Å². The Labute approximate surface area is 104 Å². The van der Waals surface area contributed by atoms with Gasteiger partial charge in [-0.2, -0.15) is 0 Å². The third kappa shape index (κ3) is 2.83. The summed E-state index contributed by atoms with van der Waals surface area (Å²) >= 11 is 3.47. The van der Waals surface area contributed by atoms with Crippen LogP contribution in [0.5, 0.6) is 0 Å². The second-order valence-corrected chi connectivity index (χ2v) is 4.62. The van der Waals surface area contributed by atoms with Crippen molar-refractivity contribution >= 4 is 21.6 Å². The van der Waals surface area contributed by atoms with Gasteiger partial charge in [0.2, 0.25) is 0 Å². The average Bonchev–Trinajstić information content (AvgIpc) is 2.28. The van der Waals surface area contributed by atoms with E-state index in [9.17, 15) is 0 Å². The van der Waals surface area contributed by atoms with Gasteiger partial charge in [0.25, 0.3) is 0 Å². The fourth-order valence-electron chi connectivity index (χ4n) is 1.62. The maximum absolute atomic E-state index is 5.87. The van der Waals surface area contributed by atoms with Crippen LogP contribution in [0.3, 0.4) is 0 Å². The van der Waals surface area contributed by atoms with Crippen molar-refractivity contribution in [1.29, 1.82) is 0 Å². The summed E-state index contributed by atoms with van der Waals surface area (Å²) in [6.45, 7) is 0. The number of nitrogen functional groups attached to an aromatic ring is 1. The molecule has 0 bridgehead atoms. The Bertz CT molecular complexity index is 483. The lowest BCUT2D eigenvalue weighted by molar-refractivity contribution is 0.952. The van der Waals surface area contributed by atoms with E-state index in [0.717, 1.165) is 28.6 Å². The van der Waals surface area contributed by atoms with Gasteiger partial charge in [0.05, 0.1) is 0 Å². The van der Waals surface area contributed by atoms with Gasteiger partial charge >= 0.3 is 0 Å². The molecule has 1 heterocycles. The number of hydrogen-bond donors (Lipinski definition) is 1. The van der Waals surface area contributed by atoms with Gasteiger partial charge in [-0.25, -0.2) is 0 Å². The number of halogens is 1. The Kier molecular flexibility index (Phi) is 3.57. The Hall–Kier alpha value is -1.35. The van der Waals surface area contributed by atoms with Crippen molar-refractivity contribution in [3.05, 3.63) is 58.3 Å². The summed E-state index contributed by atoms with van der Waals surface area (Å²) in [7, 11) is 0. The highest BCUT2D eigenvalue weighted by atomic mass is 79.9. The molecule has 0 fully saturated rings. The molecular weight excluding hydrogens is 264 g/mol. The molecule has 0 radical (unpaired) electrons. The van der Waals surface area contributed by atoms with Gasteiger partial charge < -0.3 is 5.73 Å². The van der Waals surface area contributed by atoms with Crippen LogP contribution in [0.25, 0.3) is 0 Å². The average molecular weight is 277 g/mol. The van der Waals surface area contributed by atoms with E-state index in [1.165, 1.54) is 5.56 Å². The Morgan fingerprint density at radius 1 is 1.19 bits per heavy atom. The summed E-state index contributed by atoms with van der Waals surface area (Å²) < 4.78 is 1.11. The van der Waals surface area contributed by atoms with E-state index in [2.05, 4.69) is 33.0 Å². The van der Waals surface area contributed by atoms with Gasteiger partial charge in [-0.3, -0.25) is 4.98 Å². The number of anilines is 1. The van der Waals surface area contributed by atoms with Crippen molar-refractivity contribution in [2.45, 2.75) is 12.8 Å². The molecule has 0 atom stereocenters. The first-order valence-electron chi connectivity index (χ1n) is 5.18. The SMILES string of the molecule is Nc1ccncc1CCc1cccc(Br)c1. The molecule has 0 saturated carbocycles. The first-order chi connectivity index (χ1) is 7.75. The first kappa shape index (κ1) is 11.1. The van der Waals surface area contributed by atoms with Gasteiger partial charge in [-0.15, -0.1) is 0 Å². The molecule has 0 unspecified atom stereocenters. The zero-order valence-corrected chi connectivity index (χ0v) is 10.4. The standard InChI is InChI=1S/C13H13BrN2/c14-12-3-1-2-10(8-12)4-5-11-9-16-7-6-13(11)15/h1-3,6-9H,4-5H2,(H2,15,16). The van der Waals surface area contributed by atoms with Crippen molar-refractivity contribution in [2.75, 3.05) is 5.73 Å². The minimum Gasteiger partial charge on any atom is -0.398 e. The molecule has 0 amide bonds. The minimum absolute atomic E-state index is 0.824. The van der Waals surface area contributed by atoms with Crippen LogP contribution >= 0.6 is 15.9 Å². The van der Waals surface area contributed by atoms with E-state index < -0.39 is 0 Å². The smallest absolute Gasteiger partial charge is 0.0377 e. The maximum Gasteiger partial charge on any atom is 0.0377 e. The minimum atomic E-state index is 0.824. The van der Waals surface area contributed by atoms with E-state index in [-0.39, 0.29) is 0 Å². The topological polar surface area (TPSA) is 38.9 Å². The Morgan fingerprint density at radius 2 is 2.06 bits per heavy atom. The third-order valence-corrected chi connectivity index (χ3v) is 3.01. The number of nitrogens with two attached hydrogens (primary N) is 1. The molecule has 82 valence electrons. The van der Waals surface area contributed by atoms with Crippen molar-refractivity contribution < 1.29 is 0 Å². The van der Waals surface area contributed by atoms with Crippen LogP contribution in [0.2, 0.25) is 0 Å². The predicted molar refractivity (Wildman–Crippen MR) is 70.2 cm³/mol. The summed E-state index contributed by atoms with van der Waals surface area (Å²) in [6, 6.07) is 10.2. The van der Waals surface area contributed by atoms with E-state index in [1.807, 2.05) is 24.4 Å². The van der Waals surface area contributed by atoms with Crippen molar-refractivity contribution in [3.8, 4) is 0 Å². The second kappa shape index (κ2) is 5.12. The number of hydrogen-bond acceptors (Lipinski definition) is 2. The van der Waals surface area contributed by atoms with Crippen LogP contribution in [0.1, 0.15) is 11.1 Å². The predicted octanol–water partition coefficient (Wildman–Crippen LogP) is 3.21. The molecule has 0 aliphatic heterocycles. The highest BCUT2D eigenvalue weighted by Gasteiger charge is 2.00. The van der Waals surface area contributed by atoms with Crippen molar-refractivity contribution in [3.63, 3.8) is 0 Å². The zero-order chi connectivity index (χ0) is 11.4. The lowest BCUT2D eigenvalue weighted by Gasteiger charge is -2.05. The fraction of sp³-hybridized carbons (Fsp3) is 0.154. The molecule has 2 aromatic rings. The fourth-order valence-corrected chi connectivity index (χ4v) is 2.06. The molecule has 0 aliphatic rings. The molecule has 3 heteroatoms. The summed E-state index contributed by atoms with van der Waals surface area (Å²) in [4.78, 5) is 4.09. The molecule has 0 spiro atoms. The number of benzene rings is 1. The molecule has 1 aromatic heterocycles. The Morgan fingerprint density at radius 3 is 2.81 bits per heavy atom. The summed E-state index contributed by atoms with van der Waals surface area (Å²) in [5.41, 5.74) is 9.11. The van der Waals surface area contributed by atoms with Gasteiger partial charge in [-0.1, -0.05) is 28.1 Å². The molecule has 1 aromatic carbocycles. The molecular formula is C13H13BrN2. The van der Waals surface area contributed by atoms with Gasteiger partial charge in [0.15, 0.2) is 0 Å². The molecule has 16 heavy (non-hydrogen) atoms. The van der Waals surface area contributed by atoms with Crippen molar-refractivity contribution in [2.24, 2.45) is 0 Å². The number of aromatic nitrogens is 1. The highest BCUT2D eigenvalue weighted by molar-refractivity contribution is 9.10. The molecule has 2 nitrogen and oxygen atoms in total. The lowest BCUT2D eigenvalue weighted by atomic mass is 10.1. The summed E-state index contributed by atoms with van der Waals surface area (Å²) in [6.07, 6.45) is 5.47. The monoisotopic (exact) mass is 276 g/mol. The summed E-state index contributed by atoms with van der Waals surface area (Å²) in [5, 5.41) is 0. The second-order valence-electron chi connectivity index (χ2n) is 3.70. The van der Waals surface area contributed by atoms with Crippen LogP contribution in [-0.2, 0) is 12.8 Å². The molecule has 0 saturated heterocycles. The molecule has 2 N–H and O–H groups in total. The third-order valence-electron chi connectivity index (χ3n) is 2.51. The largest absolute Gasteiger partial charge is 0.398 e. The van der Waals surface area contributed by atoms with Crippen LogP contribution in [-0.4, -0.2) is 4.98 Å². The number of aryl methyl sites for hydroxylation is 2. The van der Waals surface area contributed by atoms with Gasteiger partial charge in [0, 0.05) is 22.6 Å². The zero-order valence-electron chi connectivity index (χ0n) is 8.86. The van der Waals surface area contributed by atoms with Gasteiger partial charge in [-0.05, 0) is 42.2 Å². The van der Waals surface area contributed by atoms with Gasteiger partial charge in [0.1, 0.15) is 0 Å². The van der Waals surface area contributed by atoms with Crippen LogP contribution < -0.4 is 5.73 Å². The van der Waals surface area contributed by atoms with Crippen LogP contribution in [0, 0.1) is 0 Å². The van der Waals surface area contributed by atoms with Crippen LogP contribution in [0.4, 0.5) is 5.69 Å². The summed E-state index contributed by atoms with van der Waals surface area (Å²) in [5.74, 6) is 0. The molecule has 0 aliphatic carbocycles. The lowest BCUT2D eigenvalue weighted by Crippen LogP contribution is -1.97. The molecule has 2 rings (SSSR count). The normalized spacial score (nSPS) is 10.3. The van der Waals surface area contributed by atoms with Crippen molar-refractivity contribution in [1.82, 2.24) is 4.98 Å². The van der Waals surface area contributed by atoms with E-state index in [4.69, 9.17) is 5.73 Å². The van der Waals surface area contributed by atoms with E-state index in [0.29, 0.717) is 0 Å². The highest BCUT2D eigenvalue weighted by Crippen LogP contribution is 2.15. The number of pyridine rings is 1. The van der Waals surface area contributed by atoms with Crippen LogP contribution in [0.15, 0.2) is 47.2 Å². The maximum atomic E-state index is 5.87. The Balaban J connectivity index is 2.05.